The molecule has 0 amide bonds. The van der Waals surface area contributed by atoms with Gasteiger partial charge in [-0.25, -0.2) is 8.42 Å². The van der Waals surface area contributed by atoms with Crippen molar-refractivity contribution in [3.8, 4) is 0 Å². The van der Waals surface area contributed by atoms with Gasteiger partial charge >= 0.3 is 0 Å². The monoisotopic (exact) mass is 302 g/mol. The third-order valence-corrected chi connectivity index (χ3v) is 6.79. The Bertz CT molecular complexity index is 816. The van der Waals surface area contributed by atoms with Crippen LogP contribution in [0.1, 0.15) is 19.3 Å². The van der Waals surface area contributed by atoms with E-state index in [1.54, 1.807) is 22.5 Å². The molecule has 2 aromatic carbocycles. The van der Waals surface area contributed by atoms with Crippen LogP contribution in [0.25, 0.3) is 10.8 Å². The number of hydrogen-bond acceptors (Lipinski definition) is 3. The smallest absolute Gasteiger partial charge is 0.243 e. The van der Waals surface area contributed by atoms with Crippen LogP contribution in [-0.2, 0) is 10.0 Å². The van der Waals surface area contributed by atoms with Crippen molar-refractivity contribution in [2.75, 3.05) is 12.3 Å². The summed E-state index contributed by atoms with van der Waals surface area (Å²) in [4.78, 5) is 0.410. The van der Waals surface area contributed by atoms with E-state index < -0.39 is 10.0 Å². The highest BCUT2D eigenvalue weighted by atomic mass is 32.2. The Morgan fingerprint density at radius 2 is 2.00 bits per heavy atom. The fourth-order valence-corrected chi connectivity index (χ4v) is 5.76. The van der Waals surface area contributed by atoms with Gasteiger partial charge in [0.2, 0.25) is 10.0 Å². The Hall–Kier alpha value is -1.59. The number of hydrogen-bond donors (Lipinski definition) is 1. The zero-order valence-corrected chi connectivity index (χ0v) is 12.5. The van der Waals surface area contributed by atoms with Gasteiger partial charge in [-0.3, -0.25) is 0 Å². The topological polar surface area (TPSA) is 63.4 Å². The standard InChI is InChI=1S/C16H18N2O2S/c17-13-5-7-15-12(9-13)2-1-3-16(15)21(19,20)18-10-11-4-6-14(18)8-11/h1-3,5,7,9,11,14H,4,6,8,10,17H2. The molecule has 0 radical (unpaired) electrons. The highest BCUT2D eigenvalue weighted by Gasteiger charge is 2.44. The Morgan fingerprint density at radius 3 is 2.71 bits per heavy atom. The maximum absolute atomic E-state index is 13.0. The van der Waals surface area contributed by atoms with E-state index in [0.29, 0.717) is 23.0 Å². The fourth-order valence-electron chi connectivity index (χ4n) is 3.80. The highest BCUT2D eigenvalue weighted by Crippen LogP contribution is 2.41. The van der Waals surface area contributed by atoms with Gasteiger partial charge in [0.15, 0.2) is 0 Å². The summed E-state index contributed by atoms with van der Waals surface area (Å²) in [5, 5.41) is 1.63. The van der Waals surface area contributed by atoms with Crippen LogP contribution in [0.3, 0.4) is 0 Å². The lowest BCUT2D eigenvalue weighted by molar-refractivity contribution is 0.334. The molecule has 0 spiro atoms. The molecule has 2 unspecified atom stereocenters. The predicted molar refractivity (Wildman–Crippen MR) is 83.4 cm³/mol. The van der Waals surface area contributed by atoms with E-state index in [0.717, 1.165) is 23.6 Å². The molecule has 4 nitrogen and oxygen atoms in total. The summed E-state index contributed by atoms with van der Waals surface area (Å²) in [6.07, 6.45) is 3.20. The number of nitrogen functional groups attached to an aromatic ring is 1. The molecule has 2 fully saturated rings. The summed E-state index contributed by atoms with van der Waals surface area (Å²) in [7, 11) is -3.42. The van der Waals surface area contributed by atoms with Gasteiger partial charge in [-0.05, 0) is 48.8 Å². The van der Waals surface area contributed by atoms with Crippen molar-refractivity contribution < 1.29 is 8.42 Å². The van der Waals surface area contributed by atoms with Crippen LogP contribution in [0.4, 0.5) is 5.69 Å². The van der Waals surface area contributed by atoms with E-state index in [2.05, 4.69) is 0 Å². The Morgan fingerprint density at radius 1 is 1.14 bits per heavy atom. The number of piperidine rings is 1. The van der Waals surface area contributed by atoms with Crippen LogP contribution >= 0.6 is 0 Å². The second-order valence-electron chi connectivity index (χ2n) is 6.14. The third kappa shape index (κ3) is 1.95. The van der Waals surface area contributed by atoms with Crippen LogP contribution in [0.2, 0.25) is 0 Å². The summed E-state index contributed by atoms with van der Waals surface area (Å²) in [5.74, 6) is 0.551. The second kappa shape index (κ2) is 4.45. The second-order valence-corrected chi connectivity index (χ2v) is 8.00. The van der Waals surface area contributed by atoms with E-state index in [9.17, 15) is 8.42 Å². The maximum Gasteiger partial charge on any atom is 0.243 e. The molecule has 1 saturated heterocycles. The molecular weight excluding hydrogens is 284 g/mol. The molecule has 21 heavy (non-hydrogen) atoms. The number of nitrogens with zero attached hydrogens (tertiary/aromatic N) is 1. The first-order valence-corrected chi connectivity index (χ1v) is 8.80. The Kier molecular flexibility index (Phi) is 2.78. The Labute approximate surface area is 124 Å². The lowest BCUT2D eigenvalue weighted by atomic mass is 10.1. The van der Waals surface area contributed by atoms with E-state index in [-0.39, 0.29) is 6.04 Å². The molecule has 2 N–H and O–H groups in total. The minimum absolute atomic E-state index is 0.198. The molecule has 1 aliphatic heterocycles. The average molecular weight is 302 g/mol. The van der Waals surface area contributed by atoms with Gasteiger partial charge in [0, 0.05) is 23.7 Å². The van der Waals surface area contributed by atoms with Gasteiger partial charge in [0.1, 0.15) is 0 Å². The van der Waals surface area contributed by atoms with Gasteiger partial charge in [-0.1, -0.05) is 18.2 Å². The molecule has 0 aromatic heterocycles. The van der Waals surface area contributed by atoms with E-state index in [1.165, 1.54) is 6.42 Å². The molecular formula is C16H18N2O2S. The van der Waals surface area contributed by atoms with Crippen molar-refractivity contribution in [1.82, 2.24) is 4.31 Å². The number of sulfonamides is 1. The molecule has 1 saturated carbocycles. The van der Waals surface area contributed by atoms with Crippen molar-refractivity contribution in [2.24, 2.45) is 5.92 Å². The van der Waals surface area contributed by atoms with Crippen molar-refractivity contribution in [3.05, 3.63) is 36.4 Å². The summed E-state index contributed by atoms with van der Waals surface area (Å²) >= 11 is 0. The molecule has 2 atom stereocenters. The highest BCUT2D eigenvalue weighted by molar-refractivity contribution is 7.89. The third-order valence-electron chi connectivity index (χ3n) is 4.81. The molecule has 2 aliphatic rings. The van der Waals surface area contributed by atoms with Crippen LogP contribution in [0, 0.1) is 5.92 Å². The van der Waals surface area contributed by atoms with Crippen LogP contribution in [0.5, 0.6) is 0 Å². The molecule has 1 aliphatic carbocycles. The number of anilines is 1. The molecule has 2 bridgehead atoms. The summed E-state index contributed by atoms with van der Waals surface area (Å²) in [6, 6.07) is 11.0. The first-order chi connectivity index (χ1) is 10.1. The van der Waals surface area contributed by atoms with E-state index in [1.807, 2.05) is 18.2 Å². The average Bonchev–Trinajstić information content (AvgIpc) is 3.09. The predicted octanol–water partition coefficient (Wildman–Crippen LogP) is 2.60. The van der Waals surface area contributed by atoms with Gasteiger partial charge in [-0.2, -0.15) is 4.31 Å². The number of benzene rings is 2. The summed E-state index contributed by atoms with van der Waals surface area (Å²) in [6.45, 7) is 0.679. The van der Waals surface area contributed by atoms with Crippen molar-refractivity contribution in [3.63, 3.8) is 0 Å². The summed E-state index contributed by atoms with van der Waals surface area (Å²) in [5.41, 5.74) is 6.44. The van der Waals surface area contributed by atoms with Crippen LogP contribution in [-0.4, -0.2) is 25.3 Å². The Balaban J connectivity index is 1.86. The summed E-state index contributed by atoms with van der Waals surface area (Å²) < 4.78 is 27.8. The largest absolute Gasteiger partial charge is 0.399 e. The van der Waals surface area contributed by atoms with Gasteiger partial charge < -0.3 is 5.73 Å². The molecule has 2 aromatic rings. The first-order valence-electron chi connectivity index (χ1n) is 7.36. The van der Waals surface area contributed by atoms with E-state index >= 15 is 0 Å². The zero-order valence-electron chi connectivity index (χ0n) is 11.7. The minimum Gasteiger partial charge on any atom is -0.399 e. The van der Waals surface area contributed by atoms with Crippen molar-refractivity contribution >= 4 is 26.5 Å². The number of fused-ring (bicyclic) bond motifs is 3. The quantitative estimate of drug-likeness (QED) is 0.867. The van der Waals surface area contributed by atoms with Gasteiger partial charge in [0.05, 0.1) is 4.90 Å². The van der Waals surface area contributed by atoms with Crippen LogP contribution < -0.4 is 5.73 Å². The lowest BCUT2D eigenvalue weighted by Gasteiger charge is -2.26. The van der Waals surface area contributed by atoms with E-state index in [4.69, 9.17) is 5.73 Å². The maximum atomic E-state index is 13.0. The lowest BCUT2D eigenvalue weighted by Crippen LogP contribution is -2.37. The van der Waals surface area contributed by atoms with Crippen molar-refractivity contribution in [1.29, 1.82) is 0 Å². The van der Waals surface area contributed by atoms with Crippen LogP contribution in [0.15, 0.2) is 41.3 Å². The minimum atomic E-state index is -3.42. The molecule has 110 valence electrons. The normalized spacial score (nSPS) is 25.7. The molecule has 4 rings (SSSR count). The molecule has 5 heteroatoms. The number of nitrogens with two attached hydrogens (primary N) is 1. The SMILES string of the molecule is Nc1ccc2c(S(=O)(=O)N3CC4CCC3C4)cccc2c1. The molecule has 1 heterocycles. The fraction of sp³-hybridized carbons (Fsp3) is 0.375. The van der Waals surface area contributed by atoms with Crippen molar-refractivity contribution in [2.45, 2.75) is 30.2 Å². The van der Waals surface area contributed by atoms with Gasteiger partial charge in [0.25, 0.3) is 0 Å². The van der Waals surface area contributed by atoms with Gasteiger partial charge in [-0.15, -0.1) is 0 Å². The number of rotatable bonds is 2. The first kappa shape index (κ1) is 13.1. The zero-order chi connectivity index (χ0) is 14.6.